The number of fused-ring (bicyclic) bond motifs is 1. The molecular formula is C12H13N3. The predicted molar refractivity (Wildman–Crippen MR) is 60.5 cm³/mol. The van der Waals surface area contributed by atoms with Crippen molar-refractivity contribution >= 4 is 5.69 Å². The minimum atomic E-state index is 0.782. The highest BCUT2D eigenvalue weighted by atomic mass is 14.9. The summed E-state index contributed by atoms with van der Waals surface area (Å²) in [5, 5.41) is 0. The summed E-state index contributed by atoms with van der Waals surface area (Å²) >= 11 is 0. The molecular weight excluding hydrogens is 186 g/mol. The lowest BCUT2D eigenvalue weighted by Gasteiger charge is -2.01. The van der Waals surface area contributed by atoms with Crippen LogP contribution in [0.1, 0.15) is 17.8 Å². The van der Waals surface area contributed by atoms with Crippen LogP contribution in [0.3, 0.4) is 0 Å². The molecule has 76 valence electrons. The molecule has 15 heavy (non-hydrogen) atoms. The molecule has 0 radical (unpaired) electrons. The number of H-pyrrole nitrogens is 1. The summed E-state index contributed by atoms with van der Waals surface area (Å²) < 4.78 is 0. The van der Waals surface area contributed by atoms with Crippen LogP contribution in [-0.4, -0.2) is 9.97 Å². The van der Waals surface area contributed by atoms with Crippen LogP contribution in [-0.2, 0) is 12.8 Å². The number of nitrogens with zero attached hydrogens (tertiary/aromatic N) is 1. The Morgan fingerprint density at radius 3 is 2.87 bits per heavy atom. The number of anilines is 1. The zero-order valence-electron chi connectivity index (χ0n) is 8.46. The van der Waals surface area contributed by atoms with Gasteiger partial charge in [-0.2, -0.15) is 0 Å². The van der Waals surface area contributed by atoms with Crippen LogP contribution in [0, 0.1) is 0 Å². The Kier molecular flexibility index (Phi) is 1.78. The van der Waals surface area contributed by atoms with Crippen LogP contribution in [0.15, 0.2) is 24.3 Å². The number of nitrogens with two attached hydrogens (primary N) is 1. The molecule has 0 aliphatic heterocycles. The van der Waals surface area contributed by atoms with Crippen LogP contribution >= 0.6 is 0 Å². The first-order valence-electron chi connectivity index (χ1n) is 5.27. The first kappa shape index (κ1) is 8.53. The number of aromatic amines is 1. The fraction of sp³-hybridized carbons (Fsp3) is 0.250. The van der Waals surface area contributed by atoms with Gasteiger partial charge in [-0.05, 0) is 31.4 Å². The molecule has 0 atom stereocenters. The van der Waals surface area contributed by atoms with Crippen LogP contribution < -0.4 is 5.73 Å². The fourth-order valence-electron chi connectivity index (χ4n) is 2.13. The molecule has 2 aromatic rings. The van der Waals surface area contributed by atoms with Gasteiger partial charge in [0.15, 0.2) is 0 Å². The van der Waals surface area contributed by atoms with Gasteiger partial charge in [0.1, 0.15) is 5.82 Å². The summed E-state index contributed by atoms with van der Waals surface area (Å²) in [7, 11) is 0. The maximum absolute atomic E-state index is 5.91. The number of hydrogen-bond donors (Lipinski definition) is 2. The van der Waals surface area contributed by atoms with Crippen LogP contribution in [0.2, 0.25) is 0 Å². The summed E-state index contributed by atoms with van der Waals surface area (Å²) in [5.41, 5.74) is 10.2. The normalized spacial score (nSPS) is 14.1. The highest BCUT2D eigenvalue weighted by Crippen LogP contribution is 2.27. The molecule has 3 heteroatoms. The molecule has 0 saturated carbocycles. The smallest absolute Gasteiger partial charge is 0.139 e. The lowest BCUT2D eigenvalue weighted by atomic mass is 10.2. The second kappa shape index (κ2) is 3.12. The molecule has 1 aromatic heterocycles. The van der Waals surface area contributed by atoms with E-state index >= 15 is 0 Å². The van der Waals surface area contributed by atoms with Crippen molar-refractivity contribution in [2.75, 3.05) is 5.73 Å². The van der Waals surface area contributed by atoms with E-state index in [9.17, 15) is 0 Å². The maximum Gasteiger partial charge on any atom is 0.139 e. The van der Waals surface area contributed by atoms with E-state index in [4.69, 9.17) is 5.73 Å². The number of nitrogens with one attached hydrogen (secondary N) is 1. The molecule has 1 heterocycles. The fourth-order valence-corrected chi connectivity index (χ4v) is 2.13. The SMILES string of the molecule is Nc1ccccc1-c1nc2c([nH]1)CCC2. The van der Waals surface area contributed by atoms with Crippen molar-refractivity contribution < 1.29 is 0 Å². The first-order chi connectivity index (χ1) is 7.34. The van der Waals surface area contributed by atoms with Crippen LogP contribution in [0.25, 0.3) is 11.4 Å². The van der Waals surface area contributed by atoms with Crippen molar-refractivity contribution in [2.45, 2.75) is 19.3 Å². The Morgan fingerprint density at radius 2 is 2.07 bits per heavy atom. The van der Waals surface area contributed by atoms with E-state index in [2.05, 4.69) is 9.97 Å². The van der Waals surface area contributed by atoms with Crippen molar-refractivity contribution in [1.82, 2.24) is 9.97 Å². The molecule has 0 unspecified atom stereocenters. The van der Waals surface area contributed by atoms with Crippen molar-refractivity contribution in [3.63, 3.8) is 0 Å². The van der Waals surface area contributed by atoms with Crippen molar-refractivity contribution in [1.29, 1.82) is 0 Å². The number of aryl methyl sites for hydroxylation is 2. The second-order valence-electron chi connectivity index (χ2n) is 3.95. The molecule has 3 N–H and O–H groups in total. The van der Waals surface area contributed by atoms with E-state index in [1.165, 1.54) is 17.8 Å². The number of rotatable bonds is 1. The highest BCUT2D eigenvalue weighted by Gasteiger charge is 2.17. The number of nitrogen functional groups attached to an aromatic ring is 1. The Labute approximate surface area is 88.3 Å². The lowest BCUT2D eigenvalue weighted by molar-refractivity contribution is 0.878. The predicted octanol–water partition coefficient (Wildman–Crippen LogP) is 2.15. The van der Waals surface area contributed by atoms with Gasteiger partial charge in [-0.1, -0.05) is 12.1 Å². The Balaban J connectivity index is 2.10. The van der Waals surface area contributed by atoms with Gasteiger partial charge in [-0.15, -0.1) is 0 Å². The molecule has 3 rings (SSSR count). The van der Waals surface area contributed by atoms with Crippen molar-refractivity contribution in [3.05, 3.63) is 35.7 Å². The van der Waals surface area contributed by atoms with Gasteiger partial charge >= 0.3 is 0 Å². The minimum Gasteiger partial charge on any atom is -0.398 e. The summed E-state index contributed by atoms with van der Waals surface area (Å²) in [5.74, 6) is 0.915. The van der Waals surface area contributed by atoms with Crippen LogP contribution in [0.5, 0.6) is 0 Å². The van der Waals surface area contributed by atoms with E-state index in [1.807, 2.05) is 24.3 Å². The Bertz CT molecular complexity index is 478. The molecule has 0 fully saturated rings. The van der Waals surface area contributed by atoms with Gasteiger partial charge in [-0.3, -0.25) is 0 Å². The summed E-state index contributed by atoms with van der Waals surface area (Å²) in [6.07, 6.45) is 3.44. The van der Waals surface area contributed by atoms with Gasteiger partial charge in [0, 0.05) is 16.9 Å². The van der Waals surface area contributed by atoms with E-state index in [-0.39, 0.29) is 0 Å². The van der Waals surface area contributed by atoms with E-state index in [1.54, 1.807) is 0 Å². The Morgan fingerprint density at radius 1 is 1.20 bits per heavy atom. The summed E-state index contributed by atoms with van der Waals surface area (Å²) in [6.45, 7) is 0. The molecule has 0 spiro atoms. The quantitative estimate of drug-likeness (QED) is 0.691. The van der Waals surface area contributed by atoms with Gasteiger partial charge in [0.25, 0.3) is 0 Å². The number of imidazole rings is 1. The molecule has 3 nitrogen and oxygen atoms in total. The number of aromatic nitrogens is 2. The third-order valence-corrected chi connectivity index (χ3v) is 2.92. The average Bonchev–Trinajstić information content (AvgIpc) is 2.77. The van der Waals surface area contributed by atoms with Gasteiger partial charge < -0.3 is 10.7 Å². The molecule has 0 saturated heterocycles. The zero-order valence-corrected chi connectivity index (χ0v) is 8.46. The van der Waals surface area contributed by atoms with Crippen molar-refractivity contribution in [2.24, 2.45) is 0 Å². The second-order valence-corrected chi connectivity index (χ2v) is 3.95. The number of para-hydroxylation sites is 1. The average molecular weight is 199 g/mol. The number of hydrogen-bond acceptors (Lipinski definition) is 2. The topological polar surface area (TPSA) is 54.7 Å². The monoisotopic (exact) mass is 199 g/mol. The standard InChI is InChI=1S/C12H13N3/c13-9-5-2-1-4-8(9)12-14-10-6-3-7-11(10)15-12/h1-2,4-5H,3,6-7,13H2,(H,14,15). The summed E-state index contributed by atoms with van der Waals surface area (Å²) in [6, 6.07) is 7.83. The first-order valence-corrected chi connectivity index (χ1v) is 5.27. The van der Waals surface area contributed by atoms with E-state index < -0.39 is 0 Å². The van der Waals surface area contributed by atoms with Gasteiger partial charge in [-0.25, -0.2) is 4.98 Å². The van der Waals surface area contributed by atoms with E-state index in [0.29, 0.717) is 0 Å². The molecule has 0 amide bonds. The molecule has 1 aromatic carbocycles. The zero-order chi connectivity index (χ0) is 10.3. The van der Waals surface area contributed by atoms with Gasteiger partial charge in [0.2, 0.25) is 0 Å². The lowest BCUT2D eigenvalue weighted by Crippen LogP contribution is -1.91. The summed E-state index contributed by atoms with van der Waals surface area (Å²) in [4.78, 5) is 7.95. The highest BCUT2D eigenvalue weighted by molar-refractivity contribution is 5.71. The minimum absolute atomic E-state index is 0.782. The molecule has 1 aliphatic rings. The Hall–Kier alpha value is -1.77. The van der Waals surface area contributed by atoms with Crippen LogP contribution in [0.4, 0.5) is 5.69 Å². The maximum atomic E-state index is 5.91. The third kappa shape index (κ3) is 1.31. The van der Waals surface area contributed by atoms with E-state index in [0.717, 1.165) is 29.9 Å². The largest absolute Gasteiger partial charge is 0.398 e. The number of benzene rings is 1. The van der Waals surface area contributed by atoms with Crippen molar-refractivity contribution in [3.8, 4) is 11.4 Å². The molecule has 0 bridgehead atoms. The molecule has 1 aliphatic carbocycles. The third-order valence-electron chi connectivity index (χ3n) is 2.92. The van der Waals surface area contributed by atoms with Gasteiger partial charge in [0.05, 0.1) is 5.69 Å².